The van der Waals surface area contributed by atoms with Crippen LogP contribution in [0.3, 0.4) is 0 Å². The Morgan fingerprint density at radius 1 is 1.12 bits per heavy atom. The van der Waals surface area contributed by atoms with Gasteiger partial charge >= 0.3 is 0 Å². The monoisotopic (exact) mass is 335 g/mol. The van der Waals surface area contributed by atoms with Crippen LogP contribution in [0.5, 0.6) is 0 Å². The standard InChI is InChI=1S/C18H14ClN5/c19-14-6-7-18(22-15(14)10-20)23-9-8-17-16(11-23)21-12-24(17)13-4-2-1-3-5-13/h1-7,12H,8-9,11H2. The van der Waals surface area contributed by atoms with Crippen LogP contribution in [0.1, 0.15) is 17.1 Å². The van der Waals surface area contributed by atoms with Crippen LogP contribution in [-0.2, 0) is 13.0 Å². The predicted octanol–water partition coefficient (Wildman–Crippen LogP) is 3.36. The van der Waals surface area contributed by atoms with Gasteiger partial charge in [-0.05, 0) is 24.3 Å². The topological polar surface area (TPSA) is 57.7 Å². The smallest absolute Gasteiger partial charge is 0.161 e. The Bertz CT molecular complexity index is 926. The van der Waals surface area contributed by atoms with Gasteiger partial charge in [0.25, 0.3) is 0 Å². The molecule has 0 aliphatic carbocycles. The highest BCUT2D eigenvalue weighted by molar-refractivity contribution is 6.31. The number of imidazole rings is 1. The van der Waals surface area contributed by atoms with E-state index in [1.54, 1.807) is 6.07 Å². The first-order valence-electron chi connectivity index (χ1n) is 7.68. The third-order valence-corrected chi connectivity index (χ3v) is 4.51. The Labute approximate surface area is 144 Å². The van der Waals surface area contributed by atoms with Gasteiger partial charge in [-0.25, -0.2) is 9.97 Å². The number of benzene rings is 1. The van der Waals surface area contributed by atoms with E-state index in [0.717, 1.165) is 30.2 Å². The summed E-state index contributed by atoms with van der Waals surface area (Å²) in [7, 11) is 0. The first kappa shape index (κ1) is 14.7. The molecule has 0 bridgehead atoms. The van der Waals surface area contributed by atoms with Gasteiger partial charge in [-0.2, -0.15) is 5.26 Å². The average molecular weight is 336 g/mol. The van der Waals surface area contributed by atoms with Crippen molar-refractivity contribution in [1.29, 1.82) is 5.26 Å². The van der Waals surface area contributed by atoms with E-state index < -0.39 is 0 Å². The molecule has 0 saturated carbocycles. The summed E-state index contributed by atoms with van der Waals surface area (Å²) in [4.78, 5) is 11.0. The maximum atomic E-state index is 9.10. The zero-order chi connectivity index (χ0) is 16.5. The van der Waals surface area contributed by atoms with E-state index in [-0.39, 0.29) is 5.69 Å². The van der Waals surface area contributed by atoms with Gasteiger partial charge in [0.05, 0.1) is 23.6 Å². The van der Waals surface area contributed by atoms with Crippen LogP contribution in [0.15, 0.2) is 48.8 Å². The van der Waals surface area contributed by atoms with Gasteiger partial charge in [-0.15, -0.1) is 0 Å². The molecule has 0 N–H and O–H groups in total. The summed E-state index contributed by atoms with van der Waals surface area (Å²) < 4.78 is 2.14. The number of halogens is 1. The van der Waals surface area contributed by atoms with Crippen molar-refractivity contribution in [2.75, 3.05) is 11.4 Å². The fraction of sp³-hybridized carbons (Fsp3) is 0.167. The molecule has 4 rings (SSSR count). The van der Waals surface area contributed by atoms with Crippen molar-refractivity contribution in [3.63, 3.8) is 0 Å². The molecule has 3 aromatic rings. The molecule has 6 heteroatoms. The Balaban J connectivity index is 1.64. The molecule has 3 heterocycles. The third kappa shape index (κ3) is 2.51. The molecule has 0 unspecified atom stereocenters. The summed E-state index contributed by atoms with van der Waals surface area (Å²) in [6, 6.07) is 15.8. The van der Waals surface area contributed by atoms with Gasteiger partial charge in [-0.1, -0.05) is 29.8 Å². The van der Waals surface area contributed by atoms with E-state index in [4.69, 9.17) is 16.9 Å². The lowest BCUT2D eigenvalue weighted by Gasteiger charge is -2.28. The van der Waals surface area contributed by atoms with Crippen LogP contribution in [0, 0.1) is 11.3 Å². The van der Waals surface area contributed by atoms with Crippen molar-refractivity contribution < 1.29 is 0 Å². The summed E-state index contributed by atoms with van der Waals surface area (Å²) in [5, 5.41) is 9.48. The largest absolute Gasteiger partial charge is 0.350 e. The second kappa shape index (κ2) is 5.99. The van der Waals surface area contributed by atoms with Crippen molar-refractivity contribution in [3.05, 3.63) is 70.9 Å². The van der Waals surface area contributed by atoms with Crippen LogP contribution in [0.25, 0.3) is 5.69 Å². The lowest BCUT2D eigenvalue weighted by atomic mass is 10.1. The minimum atomic E-state index is 0.259. The molecule has 0 saturated heterocycles. The molecule has 5 nitrogen and oxygen atoms in total. The molecule has 2 aromatic heterocycles. The third-order valence-electron chi connectivity index (χ3n) is 4.21. The number of hydrogen-bond donors (Lipinski definition) is 0. The number of nitriles is 1. The normalized spacial score (nSPS) is 13.4. The van der Waals surface area contributed by atoms with Crippen LogP contribution < -0.4 is 4.90 Å². The summed E-state index contributed by atoms with van der Waals surface area (Å²) in [5.74, 6) is 0.760. The molecule has 24 heavy (non-hydrogen) atoms. The summed E-state index contributed by atoms with van der Waals surface area (Å²) in [6.45, 7) is 1.50. The fourth-order valence-electron chi connectivity index (χ4n) is 3.00. The number of pyridine rings is 1. The first-order valence-corrected chi connectivity index (χ1v) is 8.06. The van der Waals surface area contributed by atoms with Gasteiger partial charge in [0.1, 0.15) is 11.9 Å². The van der Waals surface area contributed by atoms with Crippen LogP contribution in [0.4, 0.5) is 5.82 Å². The highest BCUT2D eigenvalue weighted by Gasteiger charge is 2.22. The first-order chi connectivity index (χ1) is 11.8. The quantitative estimate of drug-likeness (QED) is 0.720. The van der Waals surface area contributed by atoms with Crippen molar-refractivity contribution >= 4 is 17.4 Å². The van der Waals surface area contributed by atoms with E-state index >= 15 is 0 Å². The lowest BCUT2D eigenvalue weighted by molar-refractivity contribution is 0.690. The highest BCUT2D eigenvalue weighted by atomic mass is 35.5. The molecule has 1 aliphatic rings. The lowest BCUT2D eigenvalue weighted by Crippen LogP contribution is -2.31. The Hall–Kier alpha value is -2.84. The molecule has 0 spiro atoms. The molecule has 1 aromatic carbocycles. The van der Waals surface area contributed by atoms with Gasteiger partial charge in [0, 0.05) is 24.3 Å². The Morgan fingerprint density at radius 3 is 2.75 bits per heavy atom. The molecule has 1 aliphatic heterocycles. The highest BCUT2D eigenvalue weighted by Crippen LogP contribution is 2.26. The van der Waals surface area contributed by atoms with Crippen molar-refractivity contribution in [2.24, 2.45) is 0 Å². The number of aromatic nitrogens is 3. The van der Waals surface area contributed by atoms with Crippen molar-refractivity contribution in [1.82, 2.24) is 14.5 Å². The van der Waals surface area contributed by atoms with E-state index in [2.05, 4.69) is 31.6 Å². The van der Waals surface area contributed by atoms with E-state index in [0.29, 0.717) is 11.6 Å². The number of fused-ring (bicyclic) bond motifs is 1. The maximum absolute atomic E-state index is 9.10. The van der Waals surface area contributed by atoms with Gasteiger partial charge in [-0.3, -0.25) is 0 Å². The molecular weight excluding hydrogens is 322 g/mol. The summed E-state index contributed by atoms with van der Waals surface area (Å²) >= 11 is 5.97. The van der Waals surface area contributed by atoms with Crippen LogP contribution >= 0.6 is 11.6 Å². The van der Waals surface area contributed by atoms with E-state index in [1.807, 2.05) is 36.7 Å². The molecular formula is C18H14ClN5. The van der Waals surface area contributed by atoms with E-state index in [9.17, 15) is 0 Å². The van der Waals surface area contributed by atoms with Gasteiger partial charge < -0.3 is 9.47 Å². The van der Waals surface area contributed by atoms with Crippen LogP contribution in [-0.4, -0.2) is 21.1 Å². The number of hydrogen-bond acceptors (Lipinski definition) is 4. The zero-order valence-corrected chi connectivity index (χ0v) is 13.6. The zero-order valence-electron chi connectivity index (χ0n) is 12.9. The fourth-order valence-corrected chi connectivity index (χ4v) is 3.15. The molecule has 0 radical (unpaired) electrons. The second-order valence-corrected chi connectivity index (χ2v) is 6.03. The summed E-state index contributed by atoms with van der Waals surface area (Å²) in [5.41, 5.74) is 3.65. The minimum absolute atomic E-state index is 0.259. The summed E-state index contributed by atoms with van der Waals surface area (Å²) in [6.07, 6.45) is 2.75. The SMILES string of the molecule is N#Cc1nc(N2CCc3c(ncn3-c3ccccc3)C2)ccc1Cl. The van der Waals surface area contributed by atoms with Crippen molar-refractivity contribution in [3.8, 4) is 11.8 Å². The molecule has 118 valence electrons. The maximum Gasteiger partial charge on any atom is 0.161 e. The van der Waals surface area contributed by atoms with Crippen molar-refractivity contribution in [2.45, 2.75) is 13.0 Å². The van der Waals surface area contributed by atoms with Gasteiger partial charge in [0.15, 0.2) is 5.69 Å². The number of anilines is 1. The van der Waals surface area contributed by atoms with Crippen LogP contribution in [0.2, 0.25) is 5.02 Å². The number of nitrogens with zero attached hydrogens (tertiary/aromatic N) is 5. The predicted molar refractivity (Wildman–Crippen MR) is 92.3 cm³/mol. The molecule has 0 amide bonds. The molecule has 0 fully saturated rings. The number of rotatable bonds is 2. The number of para-hydroxylation sites is 1. The van der Waals surface area contributed by atoms with Gasteiger partial charge in [0.2, 0.25) is 0 Å². The Morgan fingerprint density at radius 2 is 1.96 bits per heavy atom. The van der Waals surface area contributed by atoms with E-state index in [1.165, 1.54) is 5.69 Å². The average Bonchev–Trinajstić information content (AvgIpc) is 3.06. The second-order valence-electron chi connectivity index (χ2n) is 5.63. The minimum Gasteiger partial charge on any atom is -0.350 e. The Kier molecular flexibility index (Phi) is 3.68. The molecule has 0 atom stereocenters.